The molecule has 0 spiro atoms. The van der Waals surface area contributed by atoms with Crippen LogP contribution < -0.4 is 11.2 Å². The molecule has 2 aromatic rings. The Morgan fingerprint density at radius 2 is 1.93 bits per heavy atom. The fourth-order valence-electron chi connectivity index (χ4n) is 1.65. The van der Waals surface area contributed by atoms with E-state index in [1.807, 2.05) is 12.1 Å². The van der Waals surface area contributed by atoms with E-state index in [9.17, 15) is 0 Å². The first-order chi connectivity index (χ1) is 6.89. The predicted octanol–water partition coefficient (Wildman–Crippen LogP) is 1.84. The zero-order valence-electron chi connectivity index (χ0n) is 9.39. The maximum Gasteiger partial charge on any atom is 0.117 e. The van der Waals surface area contributed by atoms with E-state index in [1.165, 1.54) is 5.69 Å². The first-order valence-electron chi connectivity index (χ1n) is 5.07. The number of H-pyrrole nitrogens is 1. The summed E-state index contributed by atoms with van der Waals surface area (Å²) in [4.78, 5) is 3.37. The lowest BCUT2D eigenvalue weighted by Gasteiger charge is -2.15. The fourth-order valence-corrected chi connectivity index (χ4v) is 1.65. The molecule has 0 aliphatic carbocycles. The van der Waals surface area contributed by atoms with Crippen LogP contribution in [0.15, 0.2) is 18.2 Å². The number of hydrogen-bond donors (Lipinski definition) is 2. The summed E-state index contributed by atoms with van der Waals surface area (Å²) in [6, 6.07) is 5.89. The average Bonchev–Trinajstić information content (AvgIpc) is 2.55. The fraction of sp³-hybridized carbons (Fsp3) is 0.333. The third-order valence-corrected chi connectivity index (χ3v) is 2.69. The molecule has 2 radical (unpaired) electrons. The molecule has 0 aliphatic rings. The Morgan fingerprint density at radius 3 is 2.53 bits per heavy atom. The summed E-state index contributed by atoms with van der Waals surface area (Å²) in [7, 11) is 5.93. The summed E-state index contributed by atoms with van der Waals surface area (Å²) in [5, 5.41) is 1.01. The maximum atomic E-state index is 5.93. The predicted molar refractivity (Wildman–Crippen MR) is 66.8 cm³/mol. The molecule has 0 saturated carbocycles. The molecule has 1 aromatic carbocycles. The van der Waals surface area contributed by atoms with E-state index in [2.05, 4.69) is 31.8 Å². The minimum absolute atomic E-state index is 0.0974. The Bertz CT molecular complexity index is 506. The SMILES string of the molecule is [B]c1c(N)ccc2[nH]c(C(C)(C)C)cc12. The van der Waals surface area contributed by atoms with Crippen LogP contribution in [0.25, 0.3) is 10.9 Å². The molecule has 0 amide bonds. The standard InChI is InChI=1S/C12H15BN2/c1-12(2,3)10-6-7-9(15-10)5-4-8(14)11(7)13/h4-6,15H,14H2,1-3H3. The first kappa shape index (κ1) is 10.2. The largest absolute Gasteiger partial charge is 0.399 e. The molecule has 0 unspecified atom stereocenters. The van der Waals surface area contributed by atoms with Gasteiger partial charge in [0, 0.05) is 22.3 Å². The third-order valence-electron chi connectivity index (χ3n) is 2.69. The van der Waals surface area contributed by atoms with Gasteiger partial charge in [-0.05, 0) is 23.6 Å². The van der Waals surface area contributed by atoms with Crippen molar-refractivity contribution in [2.24, 2.45) is 0 Å². The van der Waals surface area contributed by atoms with Gasteiger partial charge in [0.25, 0.3) is 0 Å². The van der Waals surface area contributed by atoms with Crippen LogP contribution in [0, 0.1) is 0 Å². The van der Waals surface area contributed by atoms with Gasteiger partial charge in [0.2, 0.25) is 0 Å². The van der Waals surface area contributed by atoms with Crippen LogP contribution in [-0.4, -0.2) is 12.8 Å². The lowest BCUT2D eigenvalue weighted by molar-refractivity contribution is 0.574. The molecule has 0 aliphatic heterocycles. The maximum absolute atomic E-state index is 5.93. The summed E-state index contributed by atoms with van der Waals surface area (Å²) in [5.41, 5.74) is 9.39. The minimum Gasteiger partial charge on any atom is -0.399 e. The van der Waals surface area contributed by atoms with E-state index < -0.39 is 0 Å². The number of nitrogens with one attached hydrogen (secondary N) is 1. The van der Waals surface area contributed by atoms with Gasteiger partial charge in [0.1, 0.15) is 7.85 Å². The van der Waals surface area contributed by atoms with Gasteiger partial charge < -0.3 is 10.7 Å². The number of nitrogens with two attached hydrogens (primary N) is 1. The van der Waals surface area contributed by atoms with Gasteiger partial charge in [-0.2, -0.15) is 0 Å². The summed E-state index contributed by atoms with van der Waals surface area (Å²) in [6.07, 6.45) is 0. The molecule has 1 heterocycles. The number of rotatable bonds is 0. The van der Waals surface area contributed by atoms with Crippen molar-refractivity contribution < 1.29 is 0 Å². The zero-order chi connectivity index (χ0) is 11.2. The molecule has 0 saturated heterocycles. The van der Waals surface area contributed by atoms with Gasteiger partial charge in [-0.3, -0.25) is 0 Å². The molecule has 0 fully saturated rings. The highest BCUT2D eigenvalue weighted by Gasteiger charge is 2.16. The van der Waals surface area contributed by atoms with Gasteiger partial charge >= 0.3 is 0 Å². The highest BCUT2D eigenvalue weighted by atomic mass is 14.7. The van der Waals surface area contributed by atoms with E-state index in [-0.39, 0.29) is 5.41 Å². The molecule has 3 heteroatoms. The van der Waals surface area contributed by atoms with Crippen molar-refractivity contribution in [2.75, 3.05) is 5.73 Å². The quantitative estimate of drug-likeness (QED) is 0.492. The highest BCUT2D eigenvalue weighted by Crippen LogP contribution is 2.25. The number of fused-ring (bicyclic) bond motifs is 1. The van der Waals surface area contributed by atoms with E-state index >= 15 is 0 Å². The molecule has 15 heavy (non-hydrogen) atoms. The summed E-state index contributed by atoms with van der Waals surface area (Å²) in [5.74, 6) is 0. The molecule has 0 atom stereocenters. The van der Waals surface area contributed by atoms with Crippen molar-refractivity contribution in [3.63, 3.8) is 0 Å². The highest BCUT2D eigenvalue weighted by molar-refractivity contribution is 6.42. The number of aromatic nitrogens is 1. The van der Waals surface area contributed by atoms with Crippen LogP contribution in [0.4, 0.5) is 5.69 Å². The van der Waals surface area contributed by atoms with E-state index in [0.29, 0.717) is 11.2 Å². The van der Waals surface area contributed by atoms with Crippen molar-refractivity contribution in [1.29, 1.82) is 0 Å². The van der Waals surface area contributed by atoms with Crippen molar-refractivity contribution in [1.82, 2.24) is 4.98 Å². The van der Waals surface area contributed by atoms with Crippen molar-refractivity contribution >= 4 is 29.9 Å². The van der Waals surface area contributed by atoms with Crippen molar-refractivity contribution in [3.8, 4) is 0 Å². The second kappa shape index (κ2) is 3.06. The minimum atomic E-state index is 0.0974. The number of aromatic amines is 1. The zero-order valence-corrected chi connectivity index (χ0v) is 9.39. The second-order valence-electron chi connectivity index (χ2n) is 4.96. The molecular formula is C12H15BN2. The monoisotopic (exact) mass is 198 g/mol. The molecule has 0 bridgehead atoms. The lowest BCUT2D eigenvalue weighted by Crippen LogP contribution is -2.11. The molecule has 2 nitrogen and oxygen atoms in total. The topological polar surface area (TPSA) is 41.8 Å². The Kier molecular flexibility index (Phi) is 2.07. The van der Waals surface area contributed by atoms with Gasteiger partial charge in [0.05, 0.1) is 0 Å². The second-order valence-corrected chi connectivity index (χ2v) is 4.96. The molecule has 76 valence electrons. The van der Waals surface area contributed by atoms with Crippen LogP contribution in [0.5, 0.6) is 0 Å². The summed E-state index contributed by atoms with van der Waals surface area (Å²) < 4.78 is 0. The smallest absolute Gasteiger partial charge is 0.117 e. The molecule has 2 rings (SSSR count). The average molecular weight is 198 g/mol. The third kappa shape index (κ3) is 1.62. The van der Waals surface area contributed by atoms with Crippen LogP contribution in [-0.2, 0) is 5.41 Å². The van der Waals surface area contributed by atoms with Crippen molar-refractivity contribution in [3.05, 3.63) is 23.9 Å². The van der Waals surface area contributed by atoms with Gasteiger partial charge in [0.15, 0.2) is 0 Å². The van der Waals surface area contributed by atoms with E-state index in [4.69, 9.17) is 13.6 Å². The van der Waals surface area contributed by atoms with Gasteiger partial charge in [-0.15, -0.1) is 0 Å². The van der Waals surface area contributed by atoms with Crippen LogP contribution in [0.2, 0.25) is 0 Å². The number of hydrogen-bond acceptors (Lipinski definition) is 1. The van der Waals surface area contributed by atoms with Crippen molar-refractivity contribution in [2.45, 2.75) is 26.2 Å². The molecule has 1 aromatic heterocycles. The number of benzene rings is 1. The Morgan fingerprint density at radius 1 is 1.27 bits per heavy atom. The van der Waals surface area contributed by atoms with E-state index in [1.54, 1.807) is 0 Å². The first-order valence-corrected chi connectivity index (χ1v) is 5.07. The van der Waals surface area contributed by atoms with Crippen LogP contribution in [0.1, 0.15) is 26.5 Å². The molecular weight excluding hydrogens is 183 g/mol. The summed E-state index contributed by atoms with van der Waals surface area (Å²) >= 11 is 0. The Labute approximate surface area is 91.3 Å². The van der Waals surface area contributed by atoms with Gasteiger partial charge in [-0.25, -0.2) is 0 Å². The lowest BCUT2D eigenvalue weighted by atomic mass is 9.88. The van der Waals surface area contributed by atoms with Crippen LogP contribution in [0.3, 0.4) is 0 Å². The number of anilines is 1. The molecule has 3 N–H and O–H groups in total. The normalized spacial score (nSPS) is 12.2. The van der Waals surface area contributed by atoms with Gasteiger partial charge in [-0.1, -0.05) is 26.2 Å². The summed E-state index contributed by atoms with van der Waals surface area (Å²) in [6.45, 7) is 6.49. The van der Waals surface area contributed by atoms with E-state index in [0.717, 1.165) is 10.9 Å². The Hall–Kier alpha value is -1.38. The number of nitrogen functional groups attached to an aromatic ring is 1. The van der Waals surface area contributed by atoms with Crippen LogP contribution >= 0.6 is 0 Å². The Balaban J connectivity index is 2.72.